The molecule has 1 aliphatic rings. The van der Waals surface area contributed by atoms with Crippen LogP contribution in [0.15, 0.2) is 30.3 Å². The molecule has 4 nitrogen and oxygen atoms in total. The third-order valence-electron chi connectivity index (χ3n) is 3.90. The van der Waals surface area contributed by atoms with Gasteiger partial charge in [-0.15, -0.1) is 0 Å². The Morgan fingerprint density at radius 1 is 1.32 bits per heavy atom. The molecule has 19 heavy (non-hydrogen) atoms. The van der Waals surface area contributed by atoms with Crippen LogP contribution in [0, 0.1) is 0 Å². The highest BCUT2D eigenvalue weighted by atomic mass is 16.4. The summed E-state index contributed by atoms with van der Waals surface area (Å²) >= 11 is 0. The number of carbonyl (C=O) groups is 1. The van der Waals surface area contributed by atoms with Crippen LogP contribution in [0.5, 0.6) is 0 Å². The zero-order valence-electron chi connectivity index (χ0n) is 11.6. The fourth-order valence-electron chi connectivity index (χ4n) is 2.77. The van der Waals surface area contributed by atoms with Gasteiger partial charge in [-0.3, -0.25) is 4.90 Å². The van der Waals surface area contributed by atoms with Gasteiger partial charge in [0.25, 0.3) is 0 Å². The second-order valence-corrected chi connectivity index (χ2v) is 5.26. The highest BCUT2D eigenvalue weighted by molar-refractivity contribution is 5.65. The molecule has 1 amide bonds. The largest absolute Gasteiger partial charge is 0.465 e. The number of carboxylic acid groups (broad SMARTS) is 1. The molecule has 1 N–H and O–H groups in total. The van der Waals surface area contributed by atoms with E-state index < -0.39 is 6.09 Å². The lowest BCUT2D eigenvalue weighted by atomic mass is 10.0. The standard InChI is InChI=1S/C15H22N2O2/c1-3-14-11-17(15(18)19)12(2)9-16(14)10-13-7-5-4-6-8-13/h4-8,12,14H,3,9-11H2,1-2H3,(H,18,19)/t12-,14+/m1/s1. The molecule has 0 unspecified atom stereocenters. The zero-order chi connectivity index (χ0) is 13.8. The van der Waals surface area contributed by atoms with Gasteiger partial charge in [-0.05, 0) is 18.9 Å². The van der Waals surface area contributed by atoms with E-state index in [0.717, 1.165) is 19.5 Å². The molecule has 1 aromatic rings. The zero-order valence-corrected chi connectivity index (χ0v) is 11.6. The normalized spacial score (nSPS) is 24.4. The Morgan fingerprint density at radius 2 is 2.00 bits per heavy atom. The number of amides is 1. The van der Waals surface area contributed by atoms with Crippen molar-refractivity contribution in [3.05, 3.63) is 35.9 Å². The molecular weight excluding hydrogens is 240 g/mol. The lowest BCUT2D eigenvalue weighted by Crippen LogP contribution is -2.58. The van der Waals surface area contributed by atoms with Crippen LogP contribution in [0.3, 0.4) is 0 Å². The minimum absolute atomic E-state index is 0.0593. The molecule has 4 heteroatoms. The van der Waals surface area contributed by atoms with E-state index >= 15 is 0 Å². The predicted molar refractivity (Wildman–Crippen MR) is 75.1 cm³/mol. The highest BCUT2D eigenvalue weighted by Gasteiger charge is 2.32. The fourth-order valence-corrected chi connectivity index (χ4v) is 2.77. The fraction of sp³-hybridized carbons (Fsp3) is 0.533. The number of nitrogens with zero attached hydrogens (tertiary/aromatic N) is 2. The number of rotatable bonds is 3. The van der Waals surface area contributed by atoms with Crippen molar-refractivity contribution in [1.29, 1.82) is 0 Å². The highest BCUT2D eigenvalue weighted by Crippen LogP contribution is 2.20. The average molecular weight is 262 g/mol. The molecule has 0 aliphatic carbocycles. The molecule has 0 spiro atoms. The molecule has 0 radical (unpaired) electrons. The van der Waals surface area contributed by atoms with E-state index in [1.807, 2.05) is 25.1 Å². The minimum atomic E-state index is -0.801. The van der Waals surface area contributed by atoms with Crippen LogP contribution in [-0.4, -0.2) is 46.2 Å². The number of hydrogen-bond donors (Lipinski definition) is 1. The monoisotopic (exact) mass is 262 g/mol. The molecule has 0 aromatic heterocycles. The van der Waals surface area contributed by atoms with E-state index in [9.17, 15) is 9.90 Å². The van der Waals surface area contributed by atoms with Crippen LogP contribution < -0.4 is 0 Å². The first-order valence-corrected chi connectivity index (χ1v) is 6.89. The molecule has 2 rings (SSSR count). The van der Waals surface area contributed by atoms with E-state index in [2.05, 4.69) is 24.0 Å². The lowest BCUT2D eigenvalue weighted by Gasteiger charge is -2.44. The van der Waals surface area contributed by atoms with Gasteiger partial charge in [-0.25, -0.2) is 4.79 Å². The first-order chi connectivity index (χ1) is 9.11. The maximum absolute atomic E-state index is 11.2. The molecule has 2 atom stereocenters. The molecule has 1 aliphatic heterocycles. The molecule has 1 heterocycles. The SMILES string of the molecule is CC[C@H]1CN(C(=O)O)[C@H](C)CN1Cc1ccccc1. The summed E-state index contributed by atoms with van der Waals surface area (Å²) in [6, 6.07) is 10.7. The molecular formula is C15H22N2O2. The van der Waals surface area contributed by atoms with Gasteiger partial charge in [0.05, 0.1) is 0 Å². The van der Waals surface area contributed by atoms with E-state index in [1.165, 1.54) is 5.56 Å². The van der Waals surface area contributed by atoms with Crippen LogP contribution in [0.1, 0.15) is 25.8 Å². The van der Waals surface area contributed by atoms with Crippen LogP contribution >= 0.6 is 0 Å². The molecule has 1 aromatic carbocycles. The topological polar surface area (TPSA) is 43.8 Å². The summed E-state index contributed by atoms with van der Waals surface area (Å²) in [5, 5.41) is 9.21. The van der Waals surface area contributed by atoms with Gasteiger partial charge in [-0.1, -0.05) is 37.3 Å². The summed E-state index contributed by atoms with van der Waals surface area (Å²) in [6.45, 7) is 6.42. The van der Waals surface area contributed by atoms with Crippen molar-refractivity contribution in [1.82, 2.24) is 9.80 Å². The predicted octanol–water partition coefficient (Wildman–Crippen LogP) is 2.65. The molecule has 1 saturated heterocycles. The minimum Gasteiger partial charge on any atom is -0.465 e. The van der Waals surface area contributed by atoms with Crippen LogP contribution in [0.2, 0.25) is 0 Å². The van der Waals surface area contributed by atoms with Crippen LogP contribution in [0.25, 0.3) is 0 Å². The quantitative estimate of drug-likeness (QED) is 0.910. The maximum atomic E-state index is 11.2. The van der Waals surface area contributed by atoms with Crippen molar-refractivity contribution in [3.63, 3.8) is 0 Å². The summed E-state index contributed by atoms with van der Waals surface area (Å²) in [6.07, 6.45) is 0.175. The Kier molecular flexibility index (Phi) is 4.43. The summed E-state index contributed by atoms with van der Waals surface area (Å²) in [4.78, 5) is 15.2. The second-order valence-electron chi connectivity index (χ2n) is 5.26. The third kappa shape index (κ3) is 3.26. The number of piperazine rings is 1. The van der Waals surface area contributed by atoms with Crippen molar-refractivity contribution in [3.8, 4) is 0 Å². The van der Waals surface area contributed by atoms with E-state index in [-0.39, 0.29) is 6.04 Å². The maximum Gasteiger partial charge on any atom is 0.407 e. The number of hydrogen-bond acceptors (Lipinski definition) is 2. The summed E-state index contributed by atoms with van der Waals surface area (Å²) < 4.78 is 0. The Labute approximate surface area is 114 Å². The Hall–Kier alpha value is -1.55. The molecule has 0 saturated carbocycles. The number of benzene rings is 1. The first-order valence-electron chi connectivity index (χ1n) is 6.89. The second kappa shape index (κ2) is 6.06. The van der Waals surface area contributed by atoms with Crippen molar-refractivity contribution < 1.29 is 9.90 Å². The van der Waals surface area contributed by atoms with Crippen molar-refractivity contribution in [2.75, 3.05) is 13.1 Å². The van der Waals surface area contributed by atoms with Gasteiger partial charge in [0.1, 0.15) is 0 Å². The third-order valence-corrected chi connectivity index (χ3v) is 3.90. The first kappa shape index (κ1) is 13.9. The Bertz CT molecular complexity index is 421. The molecule has 1 fully saturated rings. The van der Waals surface area contributed by atoms with Crippen LogP contribution in [-0.2, 0) is 6.54 Å². The van der Waals surface area contributed by atoms with E-state index in [0.29, 0.717) is 12.6 Å². The summed E-state index contributed by atoms with van der Waals surface area (Å²) in [5.41, 5.74) is 1.29. The van der Waals surface area contributed by atoms with Crippen molar-refractivity contribution in [2.24, 2.45) is 0 Å². The van der Waals surface area contributed by atoms with Gasteiger partial charge >= 0.3 is 6.09 Å². The van der Waals surface area contributed by atoms with Crippen molar-refractivity contribution in [2.45, 2.75) is 38.9 Å². The van der Waals surface area contributed by atoms with Gasteiger partial charge in [0.15, 0.2) is 0 Å². The van der Waals surface area contributed by atoms with E-state index in [4.69, 9.17) is 0 Å². The van der Waals surface area contributed by atoms with Crippen LogP contribution in [0.4, 0.5) is 4.79 Å². The van der Waals surface area contributed by atoms with Crippen molar-refractivity contribution >= 4 is 6.09 Å². The van der Waals surface area contributed by atoms with Gasteiger partial charge in [-0.2, -0.15) is 0 Å². The lowest BCUT2D eigenvalue weighted by molar-refractivity contribution is 0.0319. The van der Waals surface area contributed by atoms with Gasteiger partial charge in [0.2, 0.25) is 0 Å². The van der Waals surface area contributed by atoms with Gasteiger partial charge in [0, 0.05) is 31.7 Å². The molecule has 104 valence electrons. The average Bonchev–Trinajstić information content (AvgIpc) is 2.39. The Balaban J connectivity index is 2.06. The molecule has 0 bridgehead atoms. The van der Waals surface area contributed by atoms with Gasteiger partial charge < -0.3 is 10.0 Å². The summed E-state index contributed by atoms with van der Waals surface area (Å²) in [7, 11) is 0. The Morgan fingerprint density at radius 3 is 2.58 bits per heavy atom. The van der Waals surface area contributed by atoms with E-state index in [1.54, 1.807) is 4.90 Å². The smallest absolute Gasteiger partial charge is 0.407 e. The summed E-state index contributed by atoms with van der Waals surface area (Å²) in [5.74, 6) is 0.